The van der Waals surface area contributed by atoms with Crippen LogP contribution in [0.5, 0.6) is 0 Å². The third kappa shape index (κ3) is 3.98. The van der Waals surface area contributed by atoms with Crippen molar-refractivity contribution in [2.24, 2.45) is 5.73 Å². The molecule has 2 rings (SSSR count). The molecule has 4 N–H and O–H groups in total. The number of alkyl halides is 3. The largest absolute Gasteiger partial charge is 0.365 e. The smallest absolute Gasteiger partial charge is 0.251 e. The van der Waals surface area contributed by atoms with Crippen molar-refractivity contribution in [2.75, 3.05) is 5.32 Å². The van der Waals surface area contributed by atoms with E-state index in [1.165, 1.54) is 18.3 Å². The third-order valence-electron chi connectivity index (χ3n) is 3.37. The van der Waals surface area contributed by atoms with Crippen LogP contribution in [-0.4, -0.2) is 21.8 Å². The predicted octanol–water partition coefficient (Wildman–Crippen LogP) is 2.97. The molecule has 1 aromatic heterocycles. The quantitative estimate of drug-likeness (QED) is 0.551. The number of carbonyl (C=O) groups excluding carboxylic acids is 2. The van der Waals surface area contributed by atoms with Gasteiger partial charge in [0.15, 0.2) is 0 Å². The summed E-state index contributed by atoms with van der Waals surface area (Å²) in [6.45, 7) is 1.32. The van der Waals surface area contributed by atoms with E-state index in [-0.39, 0.29) is 5.91 Å². The Labute approximate surface area is 147 Å². The van der Waals surface area contributed by atoms with Crippen molar-refractivity contribution in [3.05, 3.63) is 16.0 Å². The lowest BCUT2D eigenvalue weighted by molar-refractivity contribution is -0.119. The third-order valence-corrected chi connectivity index (χ3v) is 5.25. The molecule has 1 aromatic rings. The van der Waals surface area contributed by atoms with Gasteiger partial charge in [-0.05, 0) is 31.2 Å². The van der Waals surface area contributed by atoms with Gasteiger partial charge in [0.25, 0.3) is 5.91 Å². The van der Waals surface area contributed by atoms with E-state index in [1.807, 2.05) is 0 Å². The molecular formula is C13H16Cl3N3O2S. The molecule has 1 unspecified atom stereocenters. The topological polar surface area (TPSA) is 84.2 Å². The number of thiophene rings is 1. The number of anilines is 1. The van der Waals surface area contributed by atoms with Gasteiger partial charge in [-0.15, -0.1) is 11.3 Å². The minimum Gasteiger partial charge on any atom is -0.365 e. The maximum Gasteiger partial charge on any atom is 0.251 e. The summed E-state index contributed by atoms with van der Waals surface area (Å²) in [5.74, 6) is -0.876. The summed E-state index contributed by atoms with van der Waals surface area (Å²) < 4.78 is -1.77. The average Bonchev–Trinajstić information content (AvgIpc) is 2.74. The van der Waals surface area contributed by atoms with Gasteiger partial charge in [-0.2, -0.15) is 0 Å². The molecular weight excluding hydrogens is 369 g/mol. The van der Waals surface area contributed by atoms with Gasteiger partial charge in [0, 0.05) is 11.8 Å². The molecule has 122 valence electrons. The van der Waals surface area contributed by atoms with Crippen LogP contribution in [-0.2, 0) is 17.6 Å². The first-order chi connectivity index (χ1) is 10.2. The Balaban J connectivity index is 2.36. The molecule has 0 radical (unpaired) electrons. The van der Waals surface area contributed by atoms with Crippen LogP contribution in [0.1, 0.15) is 40.6 Å². The van der Waals surface area contributed by atoms with Crippen LogP contribution >= 0.6 is 46.1 Å². The van der Waals surface area contributed by atoms with Crippen LogP contribution in [0, 0.1) is 0 Å². The highest BCUT2D eigenvalue weighted by Crippen LogP contribution is 2.40. The van der Waals surface area contributed by atoms with Crippen LogP contribution in [0.25, 0.3) is 0 Å². The van der Waals surface area contributed by atoms with Crippen molar-refractivity contribution in [1.29, 1.82) is 0 Å². The fourth-order valence-corrected chi connectivity index (χ4v) is 4.11. The number of halogens is 3. The summed E-state index contributed by atoms with van der Waals surface area (Å²) in [4.78, 5) is 24.2. The van der Waals surface area contributed by atoms with E-state index in [4.69, 9.17) is 40.5 Å². The lowest BCUT2D eigenvalue weighted by atomic mass is 9.95. The Kier molecular flexibility index (Phi) is 5.48. The van der Waals surface area contributed by atoms with Crippen LogP contribution in [0.4, 0.5) is 5.00 Å². The highest BCUT2D eigenvalue weighted by atomic mass is 35.6. The van der Waals surface area contributed by atoms with Crippen molar-refractivity contribution in [1.82, 2.24) is 5.32 Å². The molecule has 0 saturated carbocycles. The standard InChI is InChI=1S/C13H16Cl3N3O2S/c1-6(20)18-12(13(14,15)16)19-11-9(10(17)21)7-4-2-3-5-8(7)22-11/h12,19H,2-5H2,1H3,(H2,17,21)(H,18,20). The minimum absolute atomic E-state index is 0.356. The van der Waals surface area contributed by atoms with Gasteiger partial charge in [-0.3, -0.25) is 9.59 Å². The molecule has 0 saturated heterocycles. The van der Waals surface area contributed by atoms with E-state index in [1.54, 1.807) is 0 Å². The maximum absolute atomic E-state index is 11.8. The van der Waals surface area contributed by atoms with Crippen LogP contribution < -0.4 is 16.4 Å². The van der Waals surface area contributed by atoms with Gasteiger partial charge in [0.1, 0.15) is 11.2 Å². The number of fused-ring (bicyclic) bond motifs is 1. The summed E-state index contributed by atoms with van der Waals surface area (Å²) in [7, 11) is 0. The zero-order valence-corrected chi connectivity index (χ0v) is 14.9. The van der Waals surface area contributed by atoms with Crippen LogP contribution in [0.2, 0.25) is 0 Å². The van der Waals surface area contributed by atoms with E-state index in [0.29, 0.717) is 10.6 Å². The summed E-state index contributed by atoms with van der Waals surface area (Å²) in [5.41, 5.74) is 6.91. The molecule has 0 aromatic carbocycles. The van der Waals surface area contributed by atoms with Gasteiger partial charge in [0.2, 0.25) is 9.70 Å². The second kappa shape index (κ2) is 6.83. The van der Waals surface area contributed by atoms with Gasteiger partial charge >= 0.3 is 0 Å². The molecule has 1 aliphatic rings. The molecule has 1 atom stereocenters. The normalized spacial score (nSPS) is 15.8. The second-order valence-corrected chi connectivity index (χ2v) is 8.57. The highest BCUT2D eigenvalue weighted by molar-refractivity contribution is 7.16. The molecule has 0 aliphatic heterocycles. The highest BCUT2D eigenvalue weighted by Gasteiger charge is 2.35. The molecule has 0 bridgehead atoms. The van der Waals surface area contributed by atoms with Crippen molar-refractivity contribution in [3.63, 3.8) is 0 Å². The first-order valence-electron chi connectivity index (χ1n) is 6.75. The molecule has 1 heterocycles. The zero-order chi connectivity index (χ0) is 16.5. The predicted molar refractivity (Wildman–Crippen MR) is 91.0 cm³/mol. The Morgan fingerprint density at radius 1 is 1.27 bits per heavy atom. The van der Waals surface area contributed by atoms with Gasteiger partial charge < -0.3 is 16.4 Å². The lowest BCUT2D eigenvalue weighted by Crippen LogP contribution is -2.48. The number of hydrogen-bond acceptors (Lipinski definition) is 4. The monoisotopic (exact) mass is 383 g/mol. The minimum atomic E-state index is -1.77. The Morgan fingerprint density at radius 2 is 1.91 bits per heavy atom. The number of nitrogens with one attached hydrogen (secondary N) is 2. The van der Waals surface area contributed by atoms with Crippen molar-refractivity contribution >= 4 is 63.0 Å². The van der Waals surface area contributed by atoms with Gasteiger partial charge in [0.05, 0.1) is 5.56 Å². The molecule has 2 amide bonds. The van der Waals surface area contributed by atoms with Crippen molar-refractivity contribution in [3.8, 4) is 0 Å². The van der Waals surface area contributed by atoms with E-state index in [2.05, 4.69) is 10.6 Å². The number of rotatable bonds is 4. The Morgan fingerprint density at radius 3 is 2.45 bits per heavy atom. The summed E-state index contributed by atoms with van der Waals surface area (Å²) in [6.07, 6.45) is 2.84. The second-order valence-electron chi connectivity index (χ2n) is 5.10. The first-order valence-corrected chi connectivity index (χ1v) is 8.70. The fraction of sp³-hybridized carbons (Fsp3) is 0.538. The van der Waals surface area contributed by atoms with E-state index >= 15 is 0 Å². The van der Waals surface area contributed by atoms with E-state index < -0.39 is 15.9 Å². The summed E-state index contributed by atoms with van der Waals surface area (Å²) in [6, 6.07) is 0. The van der Waals surface area contributed by atoms with Crippen LogP contribution in [0.3, 0.4) is 0 Å². The number of amides is 2. The van der Waals surface area contributed by atoms with Crippen molar-refractivity contribution < 1.29 is 9.59 Å². The van der Waals surface area contributed by atoms with Gasteiger partial charge in [-0.25, -0.2) is 0 Å². The van der Waals surface area contributed by atoms with E-state index in [0.717, 1.165) is 36.1 Å². The summed E-state index contributed by atoms with van der Waals surface area (Å²) >= 11 is 19.1. The Bertz CT molecular complexity index is 598. The molecule has 1 aliphatic carbocycles. The summed E-state index contributed by atoms with van der Waals surface area (Å²) in [5, 5.41) is 6.00. The fourth-order valence-electron chi connectivity index (χ4n) is 2.46. The molecule has 0 fully saturated rings. The number of aryl methyl sites for hydroxylation is 1. The zero-order valence-electron chi connectivity index (χ0n) is 11.8. The maximum atomic E-state index is 11.8. The first kappa shape index (κ1) is 17.7. The molecule has 9 heteroatoms. The Hall–Kier alpha value is -0.690. The van der Waals surface area contributed by atoms with E-state index in [9.17, 15) is 9.59 Å². The SMILES string of the molecule is CC(=O)NC(Nc1sc2c(c1C(N)=O)CCCC2)C(Cl)(Cl)Cl. The van der Waals surface area contributed by atoms with Crippen molar-refractivity contribution in [2.45, 2.75) is 42.6 Å². The number of carbonyl (C=O) groups is 2. The van der Waals surface area contributed by atoms with Gasteiger partial charge in [-0.1, -0.05) is 34.8 Å². The average molecular weight is 385 g/mol. The number of hydrogen-bond donors (Lipinski definition) is 3. The molecule has 22 heavy (non-hydrogen) atoms. The number of primary amides is 1. The number of nitrogens with two attached hydrogens (primary N) is 1. The lowest BCUT2D eigenvalue weighted by Gasteiger charge is -2.26. The molecule has 5 nitrogen and oxygen atoms in total. The molecule has 0 spiro atoms. The van der Waals surface area contributed by atoms with Crippen LogP contribution in [0.15, 0.2) is 0 Å².